The van der Waals surface area contributed by atoms with Gasteiger partial charge in [0.2, 0.25) is 0 Å². The first-order valence-electron chi connectivity index (χ1n) is 2.54. The van der Waals surface area contributed by atoms with Crippen LogP contribution in [0.4, 0.5) is 0 Å². The molecule has 0 aliphatic rings. The van der Waals surface area contributed by atoms with Crippen LogP contribution in [0.1, 0.15) is 0 Å². The van der Waals surface area contributed by atoms with E-state index in [1.807, 2.05) is 29.8 Å². The second kappa shape index (κ2) is 2.26. The zero-order valence-electron chi connectivity index (χ0n) is 4.76. The number of hydrogen-bond acceptors (Lipinski definition) is 1. The molecule has 1 rings (SSSR count). The van der Waals surface area contributed by atoms with Crippen molar-refractivity contribution in [3.63, 3.8) is 0 Å². The summed E-state index contributed by atoms with van der Waals surface area (Å²) in [5.74, 6) is 0.329. The van der Waals surface area contributed by atoms with Crippen molar-refractivity contribution in [3.05, 3.63) is 24.3 Å². The van der Waals surface area contributed by atoms with Crippen LogP contribution in [0.25, 0.3) is 0 Å². The fourth-order valence-corrected chi connectivity index (χ4v) is 0.545. The van der Waals surface area contributed by atoms with Crippen LogP contribution in [0.2, 0.25) is 0 Å². The number of benzene rings is 1. The average molecular weight is 100 g/mol. The van der Waals surface area contributed by atoms with E-state index in [-0.39, 0.29) is 0 Å². The van der Waals surface area contributed by atoms with Crippen LogP contribution in [-0.2, 0) is 0 Å². The predicted molar refractivity (Wildman–Crippen MR) is 33.5 cm³/mol. The van der Waals surface area contributed by atoms with E-state index in [4.69, 9.17) is 5.11 Å². The van der Waals surface area contributed by atoms with Gasteiger partial charge in [0.1, 0.15) is 0 Å². The van der Waals surface area contributed by atoms with E-state index in [9.17, 15) is 0 Å². The van der Waals surface area contributed by atoms with Gasteiger partial charge in [-0.15, -0.1) is 0 Å². The fraction of sp³-hybridized carbons (Fsp3) is 0. The molecule has 2 heteroatoms. The monoisotopic (exact) mass is 100 g/mol. The normalized spacial score (nSPS) is 9.25. The van der Waals surface area contributed by atoms with Gasteiger partial charge in [0, 0.05) is 0 Å². The molecule has 0 fully saturated rings. The SMILES string of the molecule is [Li][c]1ccc(O)cc1. The fourth-order valence-electron chi connectivity index (χ4n) is 0.545. The van der Waals surface area contributed by atoms with Crippen molar-refractivity contribution in [1.29, 1.82) is 0 Å². The Balaban J connectivity index is 3.03. The van der Waals surface area contributed by atoms with E-state index >= 15 is 0 Å². The molecule has 0 aromatic heterocycles. The van der Waals surface area contributed by atoms with Gasteiger partial charge < -0.3 is 0 Å². The summed E-state index contributed by atoms with van der Waals surface area (Å²) in [6.07, 6.45) is 0. The maximum atomic E-state index is 8.76. The number of aromatic hydroxyl groups is 1. The molecule has 0 saturated heterocycles. The van der Waals surface area contributed by atoms with E-state index in [0.29, 0.717) is 5.75 Å². The molecule has 0 saturated carbocycles. The van der Waals surface area contributed by atoms with Crippen LogP contribution >= 0.6 is 0 Å². The second-order valence-corrected chi connectivity index (χ2v) is 1.84. The molecule has 0 atom stereocenters. The number of rotatable bonds is 0. The molecule has 0 spiro atoms. The second-order valence-electron chi connectivity index (χ2n) is 1.84. The van der Waals surface area contributed by atoms with Gasteiger partial charge in [0.15, 0.2) is 0 Å². The van der Waals surface area contributed by atoms with Crippen molar-refractivity contribution in [2.24, 2.45) is 0 Å². The standard InChI is InChI=1S/C6H5O.Li/c7-6-4-2-1-3-5-6;/h2-5,7H;. The zero-order chi connectivity index (χ0) is 5.98. The van der Waals surface area contributed by atoms with Crippen molar-refractivity contribution in [2.45, 2.75) is 0 Å². The Morgan fingerprint density at radius 2 is 1.62 bits per heavy atom. The van der Waals surface area contributed by atoms with Gasteiger partial charge in [0.05, 0.1) is 0 Å². The molecule has 0 aliphatic carbocycles. The summed E-state index contributed by atoms with van der Waals surface area (Å²) in [6, 6.07) is 7.09. The molecular formula is C6H5LiO. The third-order valence-corrected chi connectivity index (χ3v) is 1.03. The van der Waals surface area contributed by atoms with Crippen LogP contribution in [0.3, 0.4) is 0 Å². The molecule has 8 heavy (non-hydrogen) atoms. The molecule has 1 aromatic carbocycles. The molecule has 1 aromatic rings. The van der Waals surface area contributed by atoms with Gasteiger partial charge in [0.25, 0.3) is 0 Å². The summed E-state index contributed by atoms with van der Waals surface area (Å²) in [4.78, 5) is 0. The van der Waals surface area contributed by atoms with E-state index < -0.39 is 0 Å². The summed E-state index contributed by atoms with van der Waals surface area (Å²) >= 11 is 1.99. The molecule has 0 radical (unpaired) electrons. The summed E-state index contributed by atoms with van der Waals surface area (Å²) in [6.45, 7) is 0. The van der Waals surface area contributed by atoms with Crippen molar-refractivity contribution in [2.75, 3.05) is 0 Å². The van der Waals surface area contributed by atoms with Gasteiger partial charge in [-0.25, -0.2) is 0 Å². The van der Waals surface area contributed by atoms with E-state index in [2.05, 4.69) is 0 Å². The Morgan fingerprint density at radius 3 is 2.00 bits per heavy atom. The summed E-state index contributed by atoms with van der Waals surface area (Å²) in [5, 5.41) is 8.76. The molecule has 0 heterocycles. The summed E-state index contributed by atoms with van der Waals surface area (Å²) < 4.78 is 1.17. The molecule has 1 N–H and O–H groups in total. The van der Waals surface area contributed by atoms with E-state index in [1.54, 1.807) is 12.1 Å². The molecule has 0 amide bonds. The molecular weight excluding hydrogens is 95.0 g/mol. The third-order valence-electron chi connectivity index (χ3n) is 1.03. The van der Waals surface area contributed by atoms with Gasteiger partial charge in [-0.2, -0.15) is 0 Å². The van der Waals surface area contributed by atoms with Crippen molar-refractivity contribution >= 4 is 22.0 Å². The average Bonchev–Trinajstić information content (AvgIpc) is 1.77. The van der Waals surface area contributed by atoms with Crippen molar-refractivity contribution in [3.8, 4) is 5.75 Å². The first-order chi connectivity index (χ1) is 3.79. The van der Waals surface area contributed by atoms with Crippen LogP contribution in [0.15, 0.2) is 24.3 Å². The first-order valence-corrected chi connectivity index (χ1v) is 2.54. The van der Waals surface area contributed by atoms with E-state index in [0.717, 1.165) is 0 Å². The van der Waals surface area contributed by atoms with Crippen molar-refractivity contribution in [1.82, 2.24) is 0 Å². The van der Waals surface area contributed by atoms with Gasteiger partial charge in [-0.3, -0.25) is 0 Å². The van der Waals surface area contributed by atoms with Crippen molar-refractivity contribution < 1.29 is 5.11 Å². The molecule has 0 aliphatic heterocycles. The third kappa shape index (κ3) is 1.29. The van der Waals surface area contributed by atoms with Crippen LogP contribution < -0.4 is 4.24 Å². The Kier molecular flexibility index (Phi) is 1.62. The van der Waals surface area contributed by atoms with Gasteiger partial charge in [-0.05, 0) is 0 Å². The topological polar surface area (TPSA) is 20.2 Å². The maximum absolute atomic E-state index is 8.76. The number of phenols is 1. The quantitative estimate of drug-likeness (QED) is 0.461. The Bertz CT molecular complexity index is 147. The van der Waals surface area contributed by atoms with Gasteiger partial charge in [-0.1, -0.05) is 0 Å². The Hall–Kier alpha value is -0.383. The zero-order valence-corrected chi connectivity index (χ0v) is 4.76. The Morgan fingerprint density at radius 1 is 1.12 bits per heavy atom. The van der Waals surface area contributed by atoms with Crippen LogP contribution in [0, 0.1) is 0 Å². The Labute approximate surface area is 57.5 Å². The number of phenolic OH excluding ortho intramolecular Hbond substituents is 1. The van der Waals surface area contributed by atoms with Gasteiger partial charge >= 0.3 is 57.1 Å². The number of hydrogen-bond donors (Lipinski definition) is 1. The van der Waals surface area contributed by atoms with Crippen LogP contribution in [-0.4, -0.2) is 22.8 Å². The minimum atomic E-state index is 0.329. The summed E-state index contributed by atoms with van der Waals surface area (Å²) in [7, 11) is 0. The molecule has 0 bridgehead atoms. The molecule has 0 unspecified atom stereocenters. The van der Waals surface area contributed by atoms with Crippen LogP contribution in [0.5, 0.6) is 5.75 Å². The molecule has 36 valence electrons. The summed E-state index contributed by atoms with van der Waals surface area (Å²) in [5.41, 5.74) is 0. The predicted octanol–water partition coefficient (Wildman–Crippen LogP) is 0.186. The minimum absolute atomic E-state index is 0.329. The van der Waals surface area contributed by atoms with E-state index in [1.165, 1.54) is 4.24 Å². The molecule has 1 nitrogen and oxygen atoms in total. The first kappa shape index (κ1) is 5.75.